The van der Waals surface area contributed by atoms with Gasteiger partial charge in [-0.3, -0.25) is 14.4 Å². The molecule has 3 heterocycles. The van der Waals surface area contributed by atoms with E-state index in [2.05, 4.69) is 39.4 Å². The molecule has 0 unspecified atom stereocenters. The molecule has 0 saturated heterocycles. The summed E-state index contributed by atoms with van der Waals surface area (Å²) in [5, 5.41) is 16.8. The molecule has 4 rings (SSSR count). The van der Waals surface area contributed by atoms with Crippen LogP contribution in [0.3, 0.4) is 0 Å². The van der Waals surface area contributed by atoms with E-state index in [1.165, 1.54) is 4.88 Å². The second kappa shape index (κ2) is 17.2. The number of thiophene rings is 1. The Morgan fingerprint density at radius 1 is 1.00 bits per heavy atom. The summed E-state index contributed by atoms with van der Waals surface area (Å²) in [4.78, 5) is 22.0. The molecule has 0 aliphatic carbocycles. The molecule has 0 fully saturated rings. The van der Waals surface area contributed by atoms with Crippen LogP contribution in [0.4, 0.5) is 0 Å². The maximum absolute atomic E-state index is 13.0. The van der Waals surface area contributed by atoms with Gasteiger partial charge >= 0.3 is 0 Å². The lowest BCUT2D eigenvalue weighted by atomic mass is 9.99. The maximum Gasteiger partial charge on any atom is 0.222 e. The molecule has 3 aromatic rings. The van der Waals surface area contributed by atoms with Crippen molar-refractivity contribution in [2.45, 2.75) is 33.2 Å². The summed E-state index contributed by atoms with van der Waals surface area (Å²) in [7, 11) is 0. The van der Waals surface area contributed by atoms with Gasteiger partial charge in [0, 0.05) is 39.0 Å². The first-order valence-electron chi connectivity index (χ1n) is 14.4. The van der Waals surface area contributed by atoms with E-state index >= 15 is 0 Å². The number of carbonyl (C=O) groups is 1. The van der Waals surface area contributed by atoms with Gasteiger partial charge in [-0.1, -0.05) is 28.8 Å². The van der Waals surface area contributed by atoms with E-state index < -0.39 is 6.04 Å². The van der Waals surface area contributed by atoms with Gasteiger partial charge in [0.25, 0.3) is 0 Å². The summed E-state index contributed by atoms with van der Waals surface area (Å²) >= 11 is 7.85. The van der Waals surface area contributed by atoms with Crippen LogP contribution in [0, 0.1) is 20.8 Å². The molecule has 13 nitrogen and oxygen atoms in total. The second-order valence-corrected chi connectivity index (χ2v) is 11.5. The summed E-state index contributed by atoms with van der Waals surface area (Å²) in [6.45, 7) is 10.1. The molecule has 1 aliphatic heterocycles. The first-order chi connectivity index (χ1) is 21.4. The van der Waals surface area contributed by atoms with Gasteiger partial charge in [0.1, 0.15) is 16.9 Å². The monoisotopic (exact) mass is 644 g/mol. The summed E-state index contributed by atoms with van der Waals surface area (Å²) in [5.41, 5.74) is 12.1. The number of azide groups is 1. The van der Waals surface area contributed by atoms with Crippen molar-refractivity contribution in [2.24, 2.45) is 10.1 Å². The molecular weight excluding hydrogens is 608 g/mol. The van der Waals surface area contributed by atoms with Gasteiger partial charge in [0.05, 0.1) is 65.0 Å². The first kappa shape index (κ1) is 33.5. The molecule has 1 aliphatic rings. The third-order valence-corrected chi connectivity index (χ3v) is 8.26. The molecule has 236 valence electrons. The van der Waals surface area contributed by atoms with Crippen LogP contribution in [-0.4, -0.2) is 92.3 Å². The fourth-order valence-electron chi connectivity index (χ4n) is 4.55. The van der Waals surface area contributed by atoms with Crippen LogP contribution in [-0.2, 0) is 23.7 Å². The number of nitrogens with zero attached hydrogens (tertiary/aromatic N) is 7. The van der Waals surface area contributed by atoms with E-state index in [4.69, 9.17) is 41.1 Å². The number of nitrogens with one attached hydrogen (secondary N) is 1. The zero-order valence-electron chi connectivity index (χ0n) is 25.1. The molecule has 2 aromatic heterocycles. The van der Waals surface area contributed by atoms with Crippen LogP contribution in [0.1, 0.15) is 45.7 Å². The number of hydrogen-bond donors (Lipinski definition) is 1. The van der Waals surface area contributed by atoms with Gasteiger partial charge in [-0.2, -0.15) is 0 Å². The van der Waals surface area contributed by atoms with E-state index in [9.17, 15) is 4.79 Å². The van der Waals surface area contributed by atoms with Crippen molar-refractivity contribution in [1.82, 2.24) is 20.1 Å². The number of benzene rings is 1. The van der Waals surface area contributed by atoms with E-state index in [1.807, 2.05) is 35.8 Å². The Kier molecular flexibility index (Phi) is 13.1. The number of aryl methyl sites for hydroxylation is 2. The molecule has 15 heteroatoms. The van der Waals surface area contributed by atoms with Gasteiger partial charge in [0.15, 0.2) is 5.82 Å². The summed E-state index contributed by atoms with van der Waals surface area (Å²) in [6, 6.07) is 7.08. The number of rotatable bonds is 18. The van der Waals surface area contributed by atoms with Gasteiger partial charge in [-0.25, -0.2) is 0 Å². The van der Waals surface area contributed by atoms with Gasteiger partial charge < -0.3 is 24.3 Å². The Hall–Kier alpha value is -3.36. The van der Waals surface area contributed by atoms with Crippen molar-refractivity contribution in [3.8, 4) is 5.00 Å². The third kappa shape index (κ3) is 9.08. The fourth-order valence-corrected chi connectivity index (χ4v) is 5.89. The minimum absolute atomic E-state index is 0.115. The zero-order chi connectivity index (χ0) is 31.3. The van der Waals surface area contributed by atoms with Crippen LogP contribution >= 0.6 is 22.9 Å². The Morgan fingerprint density at radius 3 is 2.30 bits per heavy atom. The molecule has 0 bridgehead atoms. The van der Waals surface area contributed by atoms with E-state index in [0.29, 0.717) is 76.8 Å². The standard InChI is InChI=1S/C29H37ClN8O5S/c1-19-20(2)44-29-26(19)27(22-4-6-23(30)7-5-22)34-24(28-36-35-21(3)38(28)29)18-25(39)32-8-10-40-12-14-42-16-17-43-15-13-41-11-9-33-37-31/h4-7,24H,8-18H2,1-3H3,(H,32,39)/t24-/m0/s1. The van der Waals surface area contributed by atoms with Crippen LogP contribution in [0.15, 0.2) is 34.4 Å². The SMILES string of the molecule is Cc1sc2c(c1C)C(c1ccc(Cl)cc1)=N[C@@H](CC(=O)NCCOCCOCCOCCOCCN=[N+]=[N-])c1nnc(C)n1-2. The van der Waals surface area contributed by atoms with Crippen LogP contribution in [0.25, 0.3) is 15.4 Å². The van der Waals surface area contributed by atoms with Crippen LogP contribution < -0.4 is 5.32 Å². The van der Waals surface area contributed by atoms with E-state index in [0.717, 1.165) is 33.2 Å². The van der Waals surface area contributed by atoms with Crippen molar-refractivity contribution in [3.05, 3.63) is 72.9 Å². The van der Waals surface area contributed by atoms with Crippen LogP contribution in [0.5, 0.6) is 0 Å². The minimum Gasteiger partial charge on any atom is -0.379 e. The van der Waals surface area contributed by atoms with Crippen LogP contribution in [0.2, 0.25) is 5.02 Å². The Bertz CT molecular complexity index is 1470. The molecule has 0 radical (unpaired) electrons. The number of carbonyl (C=O) groups excluding carboxylic acids is 1. The lowest BCUT2D eigenvalue weighted by molar-refractivity contribution is -0.121. The number of aromatic nitrogens is 3. The number of halogens is 1. The van der Waals surface area contributed by atoms with Crippen molar-refractivity contribution < 1.29 is 23.7 Å². The molecule has 1 atom stereocenters. The predicted octanol–water partition coefficient (Wildman–Crippen LogP) is 4.68. The van der Waals surface area contributed by atoms with E-state index in [1.54, 1.807) is 11.3 Å². The number of fused-ring (bicyclic) bond motifs is 3. The second-order valence-electron chi connectivity index (χ2n) is 9.86. The normalized spacial score (nSPS) is 13.9. The maximum atomic E-state index is 13.0. The quantitative estimate of drug-likeness (QED) is 0.0911. The van der Waals surface area contributed by atoms with Crippen molar-refractivity contribution in [3.63, 3.8) is 0 Å². The van der Waals surface area contributed by atoms with E-state index in [-0.39, 0.29) is 12.3 Å². The average Bonchev–Trinajstić information content (AvgIpc) is 3.49. The summed E-state index contributed by atoms with van der Waals surface area (Å²) in [5.74, 6) is 1.23. The summed E-state index contributed by atoms with van der Waals surface area (Å²) in [6.07, 6.45) is 0.115. The van der Waals surface area contributed by atoms with Crippen molar-refractivity contribution >= 4 is 34.6 Å². The highest BCUT2D eigenvalue weighted by Gasteiger charge is 2.32. The smallest absolute Gasteiger partial charge is 0.222 e. The lowest BCUT2D eigenvalue weighted by Crippen LogP contribution is -2.29. The Morgan fingerprint density at radius 2 is 1.64 bits per heavy atom. The van der Waals surface area contributed by atoms with Crippen molar-refractivity contribution in [2.75, 3.05) is 65.9 Å². The first-order valence-corrected chi connectivity index (χ1v) is 15.5. The number of amides is 1. The minimum atomic E-state index is -0.526. The summed E-state index contributed by atoms with van der Waals surface area (Å²) < 4.78 is 23.8. The van der Waals surface area contributed by atoms with Gasteiger partial charge in [-0.05, 0) is 44.0 Å². The number of ether oxygens (including phenoxy) is 4. The molecule has 44 heavy (non-hydrogen) atoms. The molecular formula is C29H37ClN8O5S. The van der Waals surface area contributed by atoms with Gasteiger partial charge in [0.2, 0.25) is 5.91 Å². The molecule has 1 N–H and O–H groups in total. The van der Waals surface area contributed by atoms with Crippen molar-refractivity contribution in [1.29, 1.82) is 0 Å². The Labute approximate surface area is 265 Å². The zero-order valence-corrected chi connectivity index (χ0v) is 26.7. The molecule has 0 saturated carbocycles. The predicted molar refractivity (Wildman–Crippen MR) is 168 cm³/mol. The fraction of sp³-hybridized carbons (Fsp3) is 0.517. The Balaban J connectivity index is 1.24. The lowest BCUT2D eigenvalue weighted by Gasteiger charge is -2.13. The molecule has 1 aromatic carbocycles. The number of hydrogen-bond acceptors (Lipinski definition) is 10. The highest BCUT2D eigenvalue weighted by molar-refractivity contribution is 7.15. The molecule has 0 spiro atoms. The largest absolute Gasteiger partial charge is 0.379 e. The molecule has 1 amide bonds. The highest BCUT2D eigenvalue weighted by Crippen LogP contribution is 2.39. The highest BCUT2D eigenvalue weighted by atomic mass is 35.5. The topological polar surface area (TPSA) is 158 Å². The number of aliphatic imine (C=N–C) groups is 1. The average molecular weight is 645 g/mol. The van der Waals surface area contributed by atoms with Gasteiger partial charge in [-0.15, -0.1) is 21.5 Å². The third-order valence-electron chi connectivity index (χ3n) is 6.82.